The molecule has 3 rings (SSSR count). The van der Waals surface area contributed by atoms with Gasteiger partial charge in [0.1, 0.15) is 12.4 Å². The monoisotopic (exact) mass is 498 g/mol. The van der Waals surface area contributed by atoms with Crippen molar-refractivity contribution < 1.29 is 28.6 Å². The molecule has 10 nitrogen and oxygen atoms in total. The number of hydrogen-bond donors (Lipinski definition) is 1. The Labute approximate surface area is 207 Å². The van der Waals surface area contributed by atoms with Crippen LogP contribution >= 0.6 is 11.8 Å². The third kappa shape index (κ3) is 6.82. The smallest absolute Gasteiger partial charge is 0.337 e. The Morgan fingerprint density at radius 2 is 1.51 bits per heavy atom. The highest BCUT2D eigenvalue weighted by molar-refractivity contribution is 7.99. The van der Waals surface area contributed by atoms with Gasteiger partial charge in [-0.1, -0.05) is 17.8 Å². The maximum Gasteiger partial charge on any atom is 0.337 e. The summed E-state index contributed by atoms with van der Waals surface area (Å²) >= 11 is 1.19. The molecule has 0 bridgehead atoms. The molecule has 0 saturated heterocycles. The number of ether oxygens (including phenoxy) is 3. The van der Waals surface area contributed by atoms with Crippen LogP contribution in [0.4, 0.5) is 5.69 Å². The van der Waals surface area contributed by atoms with Gasteiger partial charge in [-0.2, -0.15) is 0 Å². The zero-order valence-electron chi connectivity index (χ0n) is 20.1. The van der Waals surface area contributed by atoms with Crippen molar-refractivity contribution in [3.63, 3.8) is 0 Å². The molecule has 0 fully saturated rings. The molecule has 0 radical (unpaired) electrons. The number of anilines is 1. The van der Waals surface area contributed by atoms with Gasteiger partial charge in [-0.15, -0.1) is 10.2 Å². The average molecular weight is 499 g/mol. The summed E-state index contributed by atoms with van der Waals surface area (Å²) in [5.41, 5.74) is 2.70. The molecule has 1 N–H and O–H groups in total. The Morgan fingerprint density at radius 3 is 2.09 bits per heavy atom. The summed E-state index contributed by atoms with van der Waals surface area (Å²) in [4.78, 5) is 36.4. The predicted molar refractivity (Wildman–Crippen MR) is 130 cm³/mol. The lowest BCUT2D eigenvalue weighted by atomic mass is 10.1. The molecule has 0 unspecified atom stereocenters. The maximum absolute atomic E-state index is 12.5. The zero-order valence-corrected chi connectivity index (χ0v) is 20.9. The molecular weight excluding hydrogens is 472 g/mol. The molecule has 1 heterocycles. The first-order valence-electron chi connectivity index (χ1n) is 10.5. The minimum absolute atomic E-state index is 0.0277. The van der Waals surface area contributed by atoms with E-state index in [1.807, 2.05) is 26.0 Å². The van der Waals surface area contributed by atoms with Crippen LogP contribution in [-0.2, 0) is 27.9 Å². The van der Waals surface area contributed by atoms with Crippen molar-refractivity contribution in [2.45, 2.75) is 25.6 Å². The summed E-state index contributed by atoms with van der Waals surface area (Å²) in [6.45, 7) is 4.24. The van der Waals surface area contributed by atoms with Crippen molar-refractivity contribution in [1.82, 2.24) is 14.8 Å². The number of carbonyl (C=O) groups excluding carboxylic acids is 3. The molecule has 0 saturated carbocycles. The summed E-state index contributed by atoms with van der Waals surface area (Å²) in [5.74, 6) is -0.255. The van der Waals surface area contributed by atoms with Gasteiger partial charge in [-0.05, 0) is 55.3 Å². The number of aromatic nitrogens is 3. The largest absolute Gasteiger partial charge is 0.486 e. The van der Waals surface area contributed by atoms with Crippen molar-refractivity contribution in [3.05, 3.63) is 64.5 Å². The van der Waals surface area contributed by atoms with Gasteiger partial charge in [0.05, 0.1) is 31.1 Å². The van der Waals surface area contributed by atoms with Crippen LogP contribution in [0.15, 0.2) is 41.6 Å². The number of hydrogen-bond acceptors (Lipinski definition) is 9. The van der Waals surface area contributed by atoms with Gasteiger partial charge in [-0.25, -0.2) is 9.59 Å². The van der Waals surface area contributed by atoms with E-state index in [2.05, 4.69) is 21.6 Å². The first-order chi connectivity index (χ1) is 16.7. The van der Waals surface area contributed by atoms with Crippen LogP contribution < -0.4 is 10.1 Å². The summed E-state index contributed by atoms with van der Waals surface area (Å²) in [6, 6.07) is 10.1. The quantitative estimate of drug-likeness (QED) is 0.350. The Balaban J connectivity index is 1.62. The topological polar surface area (TPSA) is 122 Å². The number of esters is 2. The minimum Gasteiger partial charge on any atom is -0.486 e. The molecule has 0 aliphatic carbocycles. The summed E-state index contributed by atoms with van der Waals surface area (Å²) in [7, 11) is 4.25. The third-order valence-corrected chi connectivity index (χ3v) is 5.90. The lowest BCUT2D eigenvalue weighted by molar-refractivity contribution is -0.113. The van der Waals surface area contributed by atoms with Crippen LogP contribution in [0.25, 0.3) is 0 Å². The van der Waals surface area contributed by atoms with E-state index >= 15 is 0 Å². The van der Waals surface area contributed by atoms with E-state index in [9.17, 15) is 14.4 Å². The Morgan fingerprint density at radius 1 is 0.914 bits per heavy atom. The van der Waals surface area contributed by atoms with E-state index in [4.69, 9.17) is 14.2 Å². The normalized spacial score (nSPS) is 10.5. The van der Waals surface area contributed by atoms with E-state index in [1.54, 1.807) is 11.6 Å². The van der Waals surface area contributed by atoms with E-state index in [1.165, 1.54) is 44.2 Å². The lowest BCUT2D eigenvalue weighted by Crippen LogP contribution is -2.16. The third-order valence-electron chi connectivity index (χ3n) is 4.88. The number of benzene rings is 2. The fraction of sp³-hybridized carbons (Fsp3) is 0.292. The second-order valence-corrected chi connectivity index (χ2v) is 8.63. The molecule has 0 spiro atoms. The Bertz CT molecular complexity index is 1200. The highest BCUT2D eigenvalue weighted by atomic mass is 32.2. The van der Waals surface area contributed by atoms with E-state index in [0.29, 0.717) is 11.0 Å². The lowest BCUT2D eigenvalue weighted by Gasteiger charge is -2.10. The van der Waals surface area contributed by atoms with Crippen molar-refractivity contribution >= 4 is 35.3 Å². The average Bonchev–Trinajstić information content (AvgIpc) is 3.18. The molecular formula is C24H26N4O6S. The fourth-order valence-corrected chi connectivity index (χ4v) is 3.99. The van der Waals surface area contributed by atoms with Gasteiger partial charge < -0.3 is 24.1 Å². The zero-order chi connectivity index (χ0) is 25.5. The number of amides is 1. The second-order valence-electron chi connectivity index (χ2n) is 7.69. The SMILES string of the molecule is COC(=O)c1cc(NC(=O)CSc2nnc(COc3cc(C)cc(C)c3)n2C)cc(C(=O)OC)c1. The fourth-order valence-electron chi connectivity index (χ4n) is 3.26. The van der Waals surface area contributed by atoms with Crippen LogP contribution in [0, 0.1) is 13.8 Å². The highest BCUT2D eigenvalue weighted by Gasteiger charge is 2.16. The van der Waals surface area contributed by atoms with Gasteiger partial charge in [0.2, 0.25) is 5.91 Å². The van der Waals surface area contributed by atoms with Crippen LogP contribution in [0.2, 0.25) is 0 Å². The van der Waals surface area contributed by atoms with E-state index in [0.717, 1.165) is 16.9 Å². The number of methoxy groups -OCH3 is 2. The second kappa shape index (κ2) is 11.5. The molecule has 11 heteroatoms. The summed E-state index contributed by atoms with van der Waals surface area (Å²) < 4.78 is 17.0. The van der Waals surface area contributed by atoms with Gasteiger partial charge in [0.25, 0.3) is 0 Å². The van der Waals surface area contributed by atoms with Crippen molar-refractivity contribution in [1.29, 1.82) is 0 Å². The van der Waals surface area contributed by atoms with Gasteiger partial charge in [-0.3, -0.25) is 4.79 Å². The first kappa shape index (κ1) is 25.8. The predicted octanol–water partition coefficient (Wildman–Crippen LogP) is 3.31. The summed E-state index contributed by atoms with van der Waals surface area (Å²) in [5, 5.41) is 11.5. The molecule has 35 heavy (non-hydrogen) atoms. The number of nitrogens with one attached hydrogen (secondary N) is 1. The maximum atomic E-state index is 12.5. The molecule has 1 aromatic heterocycles. The molecule has 3 aromatic rings. The molecule has 0 aliphatic heterocycles. The van der Waals surface area contributed by atoms with E-state index in [-0.39, 0.29) is 35.1 Å². The van der Waals surface area contributed by atoms with Gasteiger partial charge in [0.15, 0.2) is 11.0 Å². The molecule has 184 valence electrons. The van der Waals surface area contributed by atoms with Crippen LogP contribution in [0.1, 0.15) is 37.7 Å². The Kier molecular flexibility index (Phi) is 8.48. The van der Waals surface area contributed by atoms with E-state index < -0.39 is 11.9 Å². The number of nitrogens with zero attached hydrogens (tertiary/aromatic N) is 3. The van der Waals surface area contributed by atoms with Gasteiger partial charge in [0, 0.05) is 12.7 Å². The minimum atomic E-state index is -0.643. The number of rotatable bonds is 9. The number of carbonyl (C=O) groups is 3. The van der Waals surface area contributed by atoms with Crippen molar-refractivity contribution in [2.75, 3.05) is 25.3 Å². The number of thioether (sulfide) groups is 1. The summed E-state index contributed by atoms with van der Waals surface area (Å²) in [6.07, 6.45) is 0. The van der Waals surface area contributed by atoms with Crippen molar-refractivity contribution in [2.24, 2.45) is 7.05 Å². The van der Waals surface area contributed by atoms with Gasteiger partial charge >= 0.3 is 11.9 Å². The number of aryl methyl sites for hydroxylation is 2. The van der Waals surface area contributed by atoms with Crippen LogP contribution in [-0.4, -0.2) is 52.6 Å². The Hall–Kier alpha value is -3.86. The first-order valence-corrected chi connectivity index (χ1v) is 11.5. The molecule has 0 atom stereocenters. The van der Waals surface area contributed by atoms with Crippen molar-refractivity contribution in [3.8, 4) is 5.75 Å². The molecule has 1 amide bonds. The molecule has 0 aliphatic rings. The van der Waals surface area contributed by atoms with Crippen LogP contribution in [0.5, 0.6) is 5.75 Å². The molecule has 2 aromatic carbocycles. The standard InChI is InChI=1S/C24H26N4O6S/c1-14-6-15(2)8-19(7-14)34-12-20-26-27-24(28(20)3)35-13-21(29)25-18-10-16(22(30)32-4)9-17(11-18)23(31)33-5/h6-11H,12-13H2,1-5H3,(H,25,29). The van der Waals surface area contributed by atoms with Crippen LogP contribution in [0.3, 0.4) is 0 Å². The highest BCUT2D eigenvalue weighted by Crippen LogP contribution is 2.21.